The Balaban J connectivity index is 1.93. The van der Waals surface area contributed by atoms with Crippen molar-refractivity contribution >= 4 is 5.82 Å². The number of aliphatic hydroxyl groups excluding tert-OH is 2. The zero-order chi connectivity index (χ0) is 13.1. The van der Waals surface area contributed by atoms with E-state index in [0.29, 0.717) is 0 Å². The van der Waals surface area contributed by atoms with Crippen LogP contribution in [0.15, 0.2) is 17.1 Å². The molecule has 0 bridgehead atoms. The van der Waals surface area contributed by atoms with E-state index in [2.05, 4.69) is 4.98 Å². The van der Waals surface area contributed by atoms with E-state index in [1.54, 1.807) is 0 Å². The molecule has 3 rings (SSSR count). The first-order chi connectivity index (χ1) is 8.50. The average Bonchev–Trinajstić information content (AvgIpc) is 2.82. The van der Waals surface area contributed by atoms with Crippen molar-refractivity contribution in [1.82, 2.24) is 9.55 Å². The predicted octanol–water partition coefficient (Wildman–Crippen LogP) is -2.77. The molecule has 1 saturated carbocycles. The number of rotatable bonds is 2. The molecular weight excluding hydrogens is 242 g/mol. The molecule has 5 atom stereocenters. The average molecular weight is 255 g/mol. The van der Waals surface area contributed by atoms with Gasteiger partial charge in [0.05, 0.1) is 6.61 Å². The standard InChI is InChI=1S/C10H13N3O5/c11-5-1-2-13(9(16)12-5)6-8-10(6,17)7(15)4(3-14)18-8/h1-2,4,6-8,14-15,17H,3H2,(H2,11,12,16)/t4-,6?,7?,8+,10?/m1/s1. The highest BCUT2D eigenvalue weighted by Crippen LogP contribution is 2.57. The van der Waals surface area contributed by atoms with Gasteiger partial charge >= 0.3 is 5.69 Å². The quantitative estimate of drug-likeness (QED) is 0.450. The third-order valence-electron chi connectivity index (χ3n) is 3.59. The lowest BCUT2D eigenvalue weighted by atomic mass is 10.1. The summed E-state index contributed by atoms with van der Waals surface area (Å²) in [5.74, 6) is 0.0868. The maximum atomic E-state index is 11.6. The van der Waals surface area contributed by atoms with Crippen molar-refractivity contribution in [3.05, 3.63) is 22.7 Å². The lowest BCUT2D eigenvalue weighted by Crippen LogP contribution is -2.41. The number of anilines is 1. The van der Waals surface area contributed by atoms with Crippen LogP contribution >= 0.6 is 0 Å². The van der Waals surface area contributed by atoms with E-state index in [-0.39, 0.29) is 12.4 Å². The van der Waals surface area contributed by atoms with Crippen LogP contribution in [0, 0.1) is 0 Å². The van der Waals surface area contributed by atoms with Gasteiger partial charge in [0.1, 0.15) is 35.8 Å². The van der Waals surface area contributed by atoms with Crippen LogP contribution in [0.4, 0.5) is 5.82 Å². The number of ether oxygens (including phenoxy) is 1. The first-order valence-electron chi connectivity index (χ1n) is 5.51. The third kappa shape index (κ3) is 1.28. The van der Waals surface area contributed by atoms with E-state index in [9.17, 15) is 15.0 Å². The molecule has 8 heteroatoms. The van der Waals surface area contributed by atoms with Gasteiger partial charge < -0.3 is 25.8 Å². The van der Waals surface area contributed by atoms with E-state index >= 15 is 0 Å². The van der Waals surface area contributed by atoms with Crippen LogP contribution in [0.5, 0.6) is 0 Å². The van der Waals surface area contributed by atoms with Crippen molar-refractivity contribution in [2.75, 3.05) is 12.3 Å². The summed E-state index contributed by atoms with van der Waals surface area (Å²) in [6.45, 7) is -0.387. The van der Waals surface area contributed by atoms with Crippen molar-refractivity contribution in [3.63, 3.8) is 0 Å². The highest BCUT2D eigenvalue weighted by Gasteiger charge is 2.77. The molecule has 0 aromatic carbocycles. The molecular formula is C10H13N3O5. The molecule has 0 radical (unpaired) electrons. The lowest BCUT2D eigenvalue weighted by Gasteiger charge is -2.21. The number of nitrogens with two attached hydrogens (primary N) is 1. The third-order valence-corrected chi connectivity index (χ3v) is 3.59. The number of fused-ring (bicyclic) bond motifs is 1. The van der Waals surface area contributed by atoms with Crippen LogP contribution in [-0.2, 0) is 4.74 Å². The summed E-state index contributed by atoms with van der Waals surface area (Å²) in [7, 11) is 0. The molecule has 1 saturated heterocycles. The van der Waals surface area contributed by atoms with Crippen LogP contribution in [0.2, 0.25) is 0 Å². The summed E-state index contributed by atoms with van der Waals surface area (Å²) in [6, 6.07) is 0.727. The first kappa shape index (κ1) is 11.6. The van der Waals surface area contributed by atoms with Gasteiger partial charge in [0, 0.05) is 6.20 Å². The Hall–Kier alpha value is -1.48. The normalized spacial score (nSPS) is 41.7. The van der Waals surface area contributed by atoms with Gasteiger partial charge in [-0.2, -0.15) is 4.98 Å². The summed E-state index contributed by atoms with van der Waals surface area (Å²) in [6.07, 6.45) is -1.38. The molecule has 2 heterocycles. The number of nitrogens with zero attached hydrogens (tertiary/aromatic N) is 2. The Morgan fingerprint density at radius 1 is 1.61 bits per heavy atom. The molecule has 3 unspecified atom stereocenters. The minimum Gasteiger partial charge on any atom is -0.394 e. The van der Waals surface area contributed by atoms with E-state index in [4.69, 9.17) is 15.6 Å². The molecule has 1 aliphatic carbocycles. The van der Waals surface area contributed by atoms with E-state index in [1.807, 2.05) is 0 Å². The highest BCUT2D eigenvalue weighted by atomic mass is 16.6. The number of aromatic nitrogens is 2. The van der Waals surface area contributed by atoms with Crippen LogP contribution in [0.1, 0.15) is 6.04 Å². The fourth-order valence-corrected chi connectivity index (χ4v) is 2.58. The topological polar surface area (TPSA) is 131 Å². The van der Waals surface area contributed by atoms with Crippen molar-refractivity contribution in [1.29, 1.82) is 0 Å². The van der Waals surface area contributed by atoms with Gasteiger partial charge in [-0.15, -0.1) is 0 Å². The summed E-state index contributed by atoms with van der Waals surface area (Å²) < 4.78 is 6.46. The van der Waals surface area contributed by atoms with Gasteiger partial charge in [0.25, 0.3) is 0 Å². The Bertz CT molecular complexity index is 547. The fourth-order valence-electron chi connectivity index (χ4n) is 2.58. The van der Waals surface area contributed by atoms with Gasteiger partial charge in [-0.3, -0.25) is 4.57 Å². The molecule has 1 aromatic heterocycles. The van der Waals surface area contributed by atoms with E-state index < -0.39 is 35.6 Å². The van der Waals surface area contributed by atoms with Crippen LogP contribution in [0.25, 0.3) is 0 Å². The molecule has 0 spiro atoms. The minimum absolute atomic E-state index is 0.0868. The number of hydrogen-bond donors (Lipinski definition) is 4. The summed E-state index contributed by atoms with van der Waals surface area (Å²) >= 11 is 0. The van der Waals surface area contributed by atoms with Crippen LogP contribution < -0.4 is 11.4 Å². The molecule has 98 valence electrons. The van der Waals surface area contributed by atoms with Gasteiger partial charge in [0.15, 0.2) is 0 Å². The number of nitrogen functional groups attached to an aromatic ring is 1. The second-order valence-corrected chi connectivity index (χ2v) is 4.60. The number of aliphatic hydroxyl groups is 3. The molecule has 1 aromatic rings. The van der Waals surface area contributed by atoms with Crippen molar-refractivity contribution in [3.8, 4) is 0 Å². The van der Waals surface area contributed by atoms with Gasteiger partial charge in [-0.05, 0) is 6.07 Å². The number of hydrogen-bond acceptors (Lipinski definition) is 7. The fraction of sp³-hybridized carbons (Fsp3) is 0.600. The Morgan fingerprint density at radius 2 is 2.33 bits per heavy atom. The SMILES string of the molecule is Nc1ccn(C2[C@@H]3O[C@H](CO)C(O)C23O)c(=O)n1. The molecule has 18 heavy (non-hydrogen) atoms. The van der Waals surface area contributed by atoms with Crippen molar-refractivity contribution in [2.24, 2.45) is 0 Å². The maximum absolute atomic E-state index is 11.6. The van der Waals surface area contributed by atoms with Crippen LogP contribution in [-0.4, -0.2) is 55.4 Å². The molecule has 2 aliphatic rings. The van der Waals surface area contributed by atoms with E-state index in [0.717, 1.165) is 0 Å². The molecule has 8 nitrogen and oxygen atoms in total. The second-order valence-electron chi connectivity index (χ2n) is 4.60. The lowest BCUT2D eigenvalue weighted by molar-refractivity contribution is -0.0620. The summed E-state index contributed by atoms with van der Waals surface area (Å²) in [5.41, 5.74) is 3.21. The predicted molar refractivity (Wildman–Crippen MR) is 58.6 cm³/mol. The van der Waals surface area contributed by atoms with Gasteiger partial charge in [0.2, 0.25) is 0 Å². The zero-order valence-corrected chi connectivity index (χ0v) is 9.30. The second kappa shape index (κ2) is 3.51. The monoisotopic (exact) mass is 255 g/mol. The summed E-state index contributed by atoms with van der Waals surface area (Å²) in [5, 5.41) is 29.0. The Kier molecular flexibility index (Phi) is 2.26. The largest absolute Gasteiger partial charge is 0.394 e. The maximum Gasteiger partial charge on any atom is 0.349 e. The van der Waals surface area contributed by atoms with Crippen molar-refractivity contribution < 1.29 is 20.1 Å². The van der Waals surface area contributed by atoms with Crippen molar-refractivity contribution in [2.45, 2.75) is 30.0 Å². The Labute approximate surface area is 101 Å². The molecule has 5 N–H and O–H groups in total. The smallest absolute Gasteiger partial charge is 0.349 e. The Morgan fingerprint density at radius 3 is 2.83 bits per heavy atom. The van der Waals surface area contributed by atoms with E-state index in [1.165, 1.54) is 16.8 Å². The molecule has 2 fully saturated rings. The van der Waals surface area contributed by atoms with Crippen LogP contribution in [0.3, 0.4) is 0 Å². The highest BCUT2D eigenvalue weighted by molar-refractivity contribution is 5.30. The molecule has 1 aliphatic heterocycles. The summed E-state index contributed by atoms with van der Waals surface area (Å²) in [4.78, 5) is 15.2. The first-order valence-corrected chi connectivity index (χ1v) is 5.51. The van der Waals surface area contributed by atoms with Gasteiger partial charge in [-0.1, -0.05) is 0 Å². The zero-order valence-electron chi connectivity index (χ0n) is 9.30. The van der Waals surface area contributed by atoms with Gasteiger partial charge in [-0.25, -0.2) is 4.79 Å². The minimum atomic E-state index is -1.55. The molecule has 0 amide bonds.